The van der Waals surface area contributed by atoms with Crippen molar-refractivity contribution in [3.8, 4) is 0 Å². The van der Waals surface area contributed by atoms with Crippen LogP contribution in [0.5, 0.6) is 0 Å². The first-order valence-corrected chi connectivity index (χ1v) is 5.65. The summed E-state index contributed by atoms with van der Waals surface area (Å²) in [6.45, 7) is 1.65. The fourth-order valence-electron chi connectivity index (χ4n) is 1.40. The smallest absolute Gasteiger partial charge is 0.323 e. The van der Waals surface area contributed by atoms with Gasteiger partial charge in [-0.3, -0.25) is 9.59 Å². The molecule has 0 aromatic carbocycles. The lowest BCUT2D eigenvalue weighted by atomic mass is 10.3. The molecular weight excluding hydrogens is 267 g/mol. The standard InChI is InChI=1S/C10H12Cl2N2O3/c1-3-14(5-8(15)16)10(17)7-4-6(11)9(12)13(7)2/h4H,3,5H2,1-2H3,(H,15,16). The normalized spacial score (nSPS) is 10.4. The molecule has 1 aromatic heterocycles. The Bertz CT molecular complexity index is 457. The predicted molar refractivity (Wildman–Crippen MR) is 64.6 cm³/mol. The maximum absolute atomic E-state index is 12.0. The molecule has 0 aliphatic rings. The van der Waals surface area contributed by atoms with Crippen molar-refractivity contribution in [3.63, 3.8) is 0 Å². The zero-order chi connectivity index (χ0) is 13.2. The van der Waals surface area contributed by atoms with Crippen LogP contribution in [0.25, 0.3) is 0 Å². The summed E-state index contributed by atoms with van der Waals surface area (Å²) >= 11 is 11.6. The minimum Gasteiger partial charge on any atom is -0.480 e. The van der Waals surface area contributed by atoms with Crippen LogP contribution in [0.15, 0.2) is 6.07 Å². The van der Waals surface area contributed by atoms with E-state index in [1.807, 2.05) is 0 Å². The van der Waals surface area contributed by atoms with Crippen molar-refractivity contribution in [1.82, 2.24) is 9.47 Å². The summed E-state index contributed by atoms with van der Waals surface area (Å²) in [6, 6.07) is 1.43. The molecule has 0 aliphatic carbocycles. The number of aromatic nitrogens is 1. The number of hydrogen-bond donors (Lipinski definition) is 1. The van der Waals surface area contributed by atoms with Crippen LogP contribution >= 0.6 is 23.2 Å². The summed E-state index contributed by atoms with van der Waals surface area (Å²) in [6.07, 6.45) is 0. The van der Waals surface area contributed by atoms with E-state index in [9.17, 15) is 9.59 Å². The number of rotatable bonds is 4. The van der Waals surface area contributed by atoms with Crippen LogP contribution in [-0.2, 0) is 11.8 Å². The van der Waals surface area contributed by atoms with Gasteiger partial charge in [-0.25, -0.2) is 0 Å². The molecule has 0 radical (unpaired) electrons. The fraction of sp³-hybridized carbons (Fsp3) is 0.400. The molecule has 0 atom stereocenters. The predicted octanol–water partition coefficient (Wildman–Crippen LogP) is 1.88. The van der Waals surface area contributed by atoms with Gasteiger partial charge in [-0.2, -0.15) is 0 Å². The van der Waals surface area contributed by atoms with Gasteiger partial charge in [-0.15, -0.1) is 0 Å². The van der Waals surface area contributed by atoms with E-state index in [0.717, 1.165) is 0 Å². The van der Waals surface area contributed by atoms with Gasteiger partial charge in [0.15, 0.2) is 0 Å². The van der Waals surface area contributed by atoms with E-state index in [2.05, 4.69) is 0 Å². The zero-order valence-corrected chi connectivity index (χ0v) is 10.9. The van der Waals surface area contributed by atoms with Crippen LogP contribution in [0, 0.1) is 0 Å². The van der Waals surface area contributed by atoms with Gasteiger partial charge in [-0.1, -0.05) is 23.2 Å². The lowest BCUT2D eigenvalue weighted by Gasteiger charge is -2.18. The Hall–Kier alpha value is -1.20. The molecule has 0 aliphatic heterocycles. The third-order valence-electron chi connectivity index (χ3n) is 2.33. The third-order valence-corrected chi connectivity index (χ3v) is 3.17. The lowest BCUT2D eigenvalue weighted by Crippen LogP contribution is -2.36. The van der Waals surface area contributed by atoms with Crippen molar-refractivity contribution in [2.24, 2.45) is 7.05 Å². The number of aliphatic carboxylic acids is 1. The second-order valence-electron chi connectivity index (χ2n) is 3.44. The SMILES string of the molecule is CCN(CC(=O)O)C(=O)c1cc(Cl)c(Cl)n1C. The van der Waals surface area contributed by atoms with Crippen LogP contribution < -0.4 is 0 Å². The monoisotopic (exact) mass is 278 g/mol. The van der Waals surface area contributed by atoms with Gasteiger partial charge in [-0.05, 0) is 13.0 Å². The van der Waals surface area contributed by atoms with Gasteiger partial charge in [0.05, 0.1) is 5.02 Å². The number of likely N-dealkylation sites (N-methyl/N-ethyl adjacent to an activating group) is 1. The number of nitrogens with zero attached hydrogens (tertiary/aromatic N) is 2. The van der Waals surface area contributed by atoms with Gasteiger partial charge in [0.25, 0.3) is 5.91 Å². The molecule has 0 unspecified atom stereocenters. The van der Waals surface area contributed by atoms with Gasteiger partial charge >= 0.3 is 5.97 Å². The van der Waals surface area contributed by atoms with Gasteiger partial charge in [0.2, 0.25) is 0 Å². The Balaban J connectivity index is 3.02. The van der Waals surface area contributed by atoms with Crippen LogP contribution in [0.1, 0.15) is 17.4 Å². The van der Waals surface area contributed by atoms with Gasteiger partial charge in [0.1, 0.15) is 17.4 Å². The molecule has 1 N–H and O–H groups in total. The zero-order valence-electron chi connectivity index (χ0n) is 9.41. The highest BCUT2D eigenvalue weighted by atomic mass is 35.5. The molecule has 1 rings (SSSR count). The number of carbonyl (C=O) groups excluding carboxylic acids is 1. The molecule has 1 amide bonds. The first-order chi connectivity index (χ1) is 7.88. The number of carbonyl (C=O) groups is 2. The van der Waals surface area contributed by atoms with E-state index in [1.165, 1.54) is 15.5 Å². The van der Waals surface area contributed by atoms with E-state index < -0.39 is 11.9 Å². The molecule has 0 bridgehead atoms. The lowest BCUT2D eigenvalue weighted by molar-refractivity contribution is -0.137. The summed E-state index contributed by atoms with van der Waals surface area (Å²) in [5.41, 5.74) is 0.267. The van der Waals surface area contributed by atoms with Crippen molar-refractivity contribution in [2.45, 2.75) is 6.92 Å². The Morgan fingerprint density at radius 2 is 2.06 bits per heavy atom. The Morgan fingerprint density at radius 1 is 1.47 bits per heavy atom. The molecule has 17 heavy (non-hydrogen) atoms. The minimum absolute atomic E-state index is 0.251. The van der Waals surface area contributed by atoms with Crippen molar-refractivity contribution < 1.29 is 14.7 Å². The van der Waals surface area contributed by atoms with E-state index in [1.54, 1.807) is 14.0 Å². The van der Waals surface area contributed by atoms with Crippen molar-refractivity contribution in [1.29, 1.82) is 0 Å². The molecule has 94 valence electrons. The number of amides is 1. The second kappa shape index (κ2) is 5.42. The van der Waals surface area contributed by atoms with E-state index in [-0.39, 0.29) is 22.4 Å². The third kappa shape index (κ3) is 2.92. The molecule has 1 aromatic rings. The second-order valence-corrected chi connectivity index (χ2v) is 4.21. The van der Waals surface area contributed by atoms with Crippen LogP contribution in [-0.4, -0.2) is 39.5 Å². The number of carboxylic acid groups (broad SMARTS) is 1. The summed E-state index contributed by atoms with van der Waals surface area (Å²) in [7, 11) is 1.59. The molecule has 0 saturated carbocycles. The van der Waals surface area contributed by atoms with Crippen molar-refractivity contribution >= 4 is 35.1 Å². The van der Waals surface area contributed by atoms with Crippen LogP contribution in [0.4, 0.5) is 0 Å². The average molecular weight is 279 g/mol. The maximum atomic E-state index is 12.0. The summed E-state index contributed by atoms with van der Waals surface area (Å²) in [5.74, 6) is -1.47. The van der Waals surface area contributed by atoms with E-state index >= 15 is 0 Å². The molecule has 0 saturated heterocycles. The topological polar surface area (TPSA) is 62.5 Å². The molecule has 7 heteroatoms. The fourth-order valence-corrected chi connectivity index (χ4v) is 1.78. The number of hydrogen-bond acceptors (Lipinski definition) is 2. The van der Waals surface area contributed by atoms with Crippen molar-refractivity contribution in [2.75, 3.05) is 13.1 Å². The Labute approximate surface area is 109 Å². The molecule has 0 spiro atoms. The van der Waals surface area contributed by atoms with E-state index in [0.29, 0.717) is 6.54 Å². The largest absolute Gasteiger partial charge is 0.480 e. The molecular formula is C10H12Cl2N2O3. The highest BCUT2D eigenvalue weighted by Gasteiger charge is 2.21. The van der Waals surface area contributed by atoms with Crippen LogP contribution in [0.3, 0.4) is 0 Å². The highest BCUT2D eigenvalue weighted by Crippen LogP contribution is 2.25. The quantitative estimate of drug-likeness (QED) is 0.915. The molecule has 5 nitrogen and oxygen atoms in total. The highest BCUT2D eigenvalue weighted by molar-refractivity contribution is 6.41. The molecule has 1 heterocycles. The molecule has 0 fully saturated rings. The average Bonchev–Trinajstić information content (AvgIpc) is 2.52. The minimum atomic E-state index is -1.06. The number of halogens is 2. The van der Waals surface area contributed by atoms with Gasteiger partial charge in [0, 0.05) is 13.6 Å². The summed E-state index contributed by atoms with van der Waals surface area (Å²) in [4.78, 5) is 23.8. The van der Waals surface area contributed by atoms with E-state index in [4.69, 9.17) is 28.3 Å². The first kappa shape index (κ1) is 13.9. The summed E-state index contributed by atoms with van der Waals surface area (Å²) < 4.78 is 1.43. The van der Waals surface area contributed by atoms with Gasteiger partial charge < -0.3 is 14.6 Å². The first-order valence-electron chi connectivity index (χ1n) is 4.90. The number of carboxylic acids is 1. The summed E-state index contributed by atoms with van der Waals surface area (Å²) in [5, 5.41) is 9.21. The maximum Gasteiger partial charge on any atom is 0.323 e. The Kier molecular flexibility index (Phi) is 4.42. The van der Waals surface area contributed by atoms with Crippen LogP contribution in [0.2, 0.25) is 10.2 Å². The Morgan fingerprint density at radius 3 is 2.41 bits per heavy atom. The van der Waals surface area contributed by atoms with Crippen molar-refractivity contribution in [3.05, 3.63) is 21.9 Å².